The number of rotatable bonds is 6. The van der Waals surface area contributed by atoms with Crippen LogP contribution in [0.5, 0.6) is 5.75 Å². The Morgan fingerprint density at radius 2 is 1.68 bits per heavy atom. The van der Waals surface area contributed by atoms with Crippen molar-refractivity contribution in [2.75, 3.05) is 18.5 Å². The SMILES string of the molecule is Cc1ccc(NC(=O)COC(=O)COc2cc(C)ccc2C)c(Cl)c1. The fraction of sp³-hybridized carbons (Fsp3) is 0.263. The van der Waals surface area contributed by atoms with Gasteiger partial charge >= 0.3 is 5.97 Å². The lowest BCUT2D eigenvalue weighted by Gasteiger charge is -2.10. The van der Waals surface area contributed by atoms with Crippen LogP contribution in [0.4, 0.5) is 5.69 Å². The summed E-state index contributed by atoms with van der Waals surface area (Å²) >= 11 is 6.04. The minimum absolute atomic E-state index is 0.261. The van der Waals surface area contributed by atoms with E-state index in [1.54, 1.807) is 12.1 Å². The molecule has 0 aromatic heterocycles. The predicted molar refractivity (Wildman–Crippen MR) is 97.2 cm³/mol. The molecular weight excluding hydrogens is 342 g/mol. The summed E-state index contributed by atoms with van der Waals surface area (Å²) in [6.45, 7) is 5.06. The van der Waals surface area contributed by atoms with Gasteiger partial charge in [-0.1, -0.05) is 29.8 Å². The number of anilines is 1. The minimum Gasteiger partial charge on any atom is -0.482 e. The highest BCUT2D eigenvalue weighted by atomic mass is 35.5. The lowest BCUT2D eigenvalue weighted by molar-refractivity contribution is -0.149. The third-order valence-electron chi connectivity index (χ3n) is 3.45. The van der Waals surface area contributed by atoms with Crippen LogP contribution in [0.2, 0.25) is 5.02 Å². The van der Waals surface area contributed by atoms with E-state index in [2.05, 4.69) is 5.32 Å². The van der Waals surface area contributed by atoms with Gasteiger partial charge in [-0.25, -0.2) is 4.79 Å². The largest absolute Gasteiger partial charge is 0.482 e. The fourth-order valence-electron chi connectivity index (χ4n) is 2.09. The van der Waals surface area contributed by atoms with Gasteiger partial charge in [0.15, 0.2) is 13.2 Å². The zero-order valence-electron chi connectivity index (χ0n) is 14.4. The smallest absolute Gasteiger partial charge is 0.344 e. The first-order valence-corrected chi connectivity index (χ1v) is 8.14. The van der Waals surface area contributed by atoms with E-state index in [9.17, 15) is 9.59 Å². The highest BCUT2D eigenvalue weighted by molar-refractivity contribution is 6.33. The zero-order valence-corrected chi connectivity index (χ0v) is 15.1. The quantitative estimate of drug-likeness (QED) is 0.794. The van der Waals surface area contributed by atoms with Crippen molar-refractivity contribution in [1.82, 2.24) is 0 Å². The molecule has 0 bridgehead atoms. The van der Waals surface area contributed by atoms with Gasteiger partial charge in [0.05, 0.1) is 10.7 Å². The van der Waals surface area contributed by atoms with E-state index >= 15 is 0 Å². The summed E-state index contributed by atoms with van der Waals surface area (Å²) in [5.41, 5.74) is 3.41. The van der Waals surface area contributed by atoms with Crippen LogP contribution in [-0.4, -0.2) is 25.1 Å². The van der Waals surface area contributed by atoms with Crippen LogP contribution in [0.15, 0.2) is 36.4 Å². The molecule has 1 amide bonds. The van der Waals surface area contributed by atoms with Gasteiger partial charge in [0.25, 0.3) is 5.91 Å². The van der Waals surface area contributed by atoms with E-state index in [1.807, 2.05) is 45.0 Å². The number of halogens is 1. The second-order valence-electron chi connectivity index (χ2n) is 5.75. The molecule has 0 saturated heterocycles. The molecule has 2 rings (SSSR count). The number of ether oxygens (including phenoxy) is 2. The molecule has 25 heavy (non-hydrogen) atoms. The van der Waals surface area contributed by atoms with Gasteiger partial charge in [0, 0.05) is 0 Å². The summed E-state index contributed by atoms with van der Waals surface area (Å²) < 4.78 is 10.3. The first kappa shape index (κ1) is 18.8. The number of carbonyl (C=O) groups excluding carboxylic acids is 2. The monoisotopic (exact) mass is 361 g/mol. The molecule has 2 aromatic carbocycles. The maximum atomic E-state index is 11.8. The van der Waals surface area contributed by atoms with Crippen molar-refractivity contribution in [2.24, 2.45) is 0 Å². The van der Waals surface area contributed by atoms with Crippen molar-refractivity contribution in [3.63, 3.8) is 0 Å². The molecule has 0 fully saturated rings. The Balaban J connectivity index is 1.79. The summed E-state index contributed by atoms with van der Waals surface area (Å²) in [6.07, 6.45) is 0. The maximum Gasteiger partial charge on any atom is 0.344 e. The van der Waals surface area contributed by atoms with E-state index in [0.29, 0.717) is 16.5 Å². The topological polar surface area (TPSA) is 64.6 Å². The van der Waals surface area contributed by atoms with E-state index in [4.69, 9.17) is 21.1 Å². The van der Waals surface area contributed by atoms with Crippen LogP contribution in [0.3, 0.4) is 0 Å². The molecular formula is C19H20ClNO4. The van der Waals surface area contributed by atoms with Crippen LogP contribution < -0.4 is 10.1 Å². The molecule has 132 valence electrons. The summed E-state index contributed by atoms with van der Waals surface area (Å²) in [4.78, 5) is 23.6. The van der Waals surface area contributed by atoms with Crippen molar-refractivity contribution in [1.29, 1.82) is 0 Å². The molecule has 0 atom stereocenters. The third kappa shape index (κ3) is 5.80. The second kappa shape index (κ2) is 8.53. The Hall–Kier alpha value is -2.53. The normalized spacial score (nSPS) is 10.2. The van der Waals surface area contributed by atoms with E-state index in [-0.39, 0.29) is 6.61 Å². The van der Waals surface area contributed by atoms with Crippen LogP contribution in [-0.2, 0) is 14.3 Å². The summed E-state index contributed by atoms with van der Waals surface area (Å²) in [5.74, 6) is -0.468. The Morgan fingerprint density at radius 3 is 2.40 bits per heavy atom. The van der Waals surface area contributed by atoms with Gasteiger partial charge in [0.1, 0.15) is 5.75 Å². The lowest BCUT2D eigenvalue weighted by atomic mass is 10.1. The molecule has 6 heteroatoms. The van der Waals surface area contributed by atoms with Crippen LogP contribution in [0.25, 0.3) is 0 Å². The number of hydrogen-bond acceptors (Lipinski definition) is 4. The minimum atomic E-state index is -0.619. The summed E-state index contributed by atoms with van der Waals surface area (Å²) in [7, 11) is 0. The van der Waals surface area contributed by atoms with Crippen molar-refractivity contribution >= 4 is 29.2 Å². The average molecular weight is 362 g/mol. The zero-order chi connectivity index (χ0) is 18.4. The fourth-order valence-corrected chi connectivity index (χ4v) is 2.38. The number of aryl methyl sites for hydroxylation is 3. The molecule has 5 nitrogen and oxygen atoms in total. The standard InChI is InChI=1S/C19H20ClNO4/c1-12-5-7-16(15(20)8-12)21-18(22)10-25-19(23)11-24-17-9-13(2)4-6-14(17)3/h4-9H,10-11H2,1-3H3,(H,21,22). The molecule has 0 saturated carbocycles. The van der Waals surface area contributed by atoms with Crippen molar-refractivity contribution < 1.29 is 19.1 Å². The van der Waals surface area contributed by atoms with Crippen LogP contribution in [0, 0.1) is 20.8 Å². The second-order valence-corrected chi connectivity index (χ2v) is 6.16. The van der Waals surface area contributed by atoms with E-state index in [0.717, 1.165) is 16.7 Å². The first-order valence-electron chi connectivity index (χ1n) is 7.77. The highest BCUT2D eigenvalue weighted by Gasteiger charge is 2.11. The molecule has 0 spiro atoms. The van der Waals surface area contributed by atoms with Crippen molar-refractivity contribution in [3.05, 3.63) is 58.1 Å². The molecule has 0 aliphatic rings. The highest BCUT2D eigenvalue weighted by Crippen LogP contribution is 2.22. The van der Waals surface area contributed by atoms with Crippen LogP contribution in [0.1, 0.15) is 16.7 Å². The molecule has 1 N–H and O–H groups in total. The predicted octanol–water partition coefficient (Wildman–Crippen LogP) is 3.83. The van der Waals surface area contributed by atoms with Gasteiger partial charge in [-0.15, -0.1) is 0 Å². The average Bonchev–Trinajstić information content (AvgIpc) is 2.56. The molecule has 0 radical (unpaired) electrons. The van der Waals surface area contributed by atoms with Crippen LogP contribution >= 0.6 is 11.6 Å². The van der Waals surface area contributed by atoms with E-state index < -0.39 is 18.5 Å². The van der Waals surface area contributed by atoms with Gasteiger partial charge in [-0.2, -0.15) is 0 Å². The number of carbonyl (C=O) groups is 2. The maximum absolute atomic E-state index is 11.8. The number of nitrogens with one attached hydrogen (secondary N) is 1. The number of esters is 1. The molecule has 0 aliphatic carbocycles. The van der Waals surface area contributed by atoms with Gasteiger partial charge < -0.3 is 14.8 Å². The molecule has 0 aliphatic heterocycles. The first-order chi connectivity index (χ1) is 11.8. The Morgan fingerprint density at radius 1 is 1.00 bits per heavy atom. The lowest BCUT2D eigenvalue weighted by Crippen LogP contribution is -2.23. The van der Waals surface area contributed by atoms with Crippen molar-refractivity contribution in [3.8, 4) is 5.75 Å². The Bertz CT molecular complexity index is 789. The van der Waals surface area contributed by atoms with Gasteiger partial charge in [-0.05, 0) is 55.7 Å². The summed E-state index contributed by atoms with van der Waals surface area (Å²) in [5, 5.41) is 3.02. The van der Waals surface area contributed by atoms with E-state index in [1.165, 1.54) is 0 Å². The summed E-state index contributed by atoms with van der Waals surface area (Å²) in [6, 6.07) is 11.0. The Kier molecular flexibility index (Phi) is 6.42. The number of benzene rings is 2. The van der Waals surface area contributed by atoms with Gasteiger partial charge in [0.2, 0.25) is 0 Å². The van der Waals surface area contributed by atoms with Crippen molar-refractivity contribution in [2.45, 2.75) is 20.8 Å². The van der Waals surface area contributed by atoms with Gasteiger partial charge in [-0.3, -0.25) is 4.79 Å². The number of hydrogen-bond donors (Lipinski definition) is 1. The number of amides is 1. The third-order valence-corrected chi connectivity index (χ3v) is 3.76. The molecule has 0 heterocycles. The Labute approximate surface area is 151 Å². The molecule has 0 unspecified atom stereocenters. The molecule has 2 aromatic rings.